The van der Waals surface area contributed by atoms with Crippen LogP contribution in [0.25, 0.3) is 0 Å². The van der Waals surface area contributed by atoms with Gasteiger partial charge in [0.2, 0.25) is 0 Å². The Labute approximate surface area is 122 Å². The second-order valence-electron chi connectivity index (χ2n) is 5.92. The SMILES string of the molecule is C[Si](C)(C)OC(c1ccccc1)C(O)c1ccccc1. The van der Waals surface area contributed by atoms with Crippen molar-refractivity contribution in [2.75, 3.05) is 0 Å². The Kier molecular flexibility index (Phi) is 4.76. The van der Waals surface area contributed by atoms with E-state index in [-0.39, 0.29) is 6.10 Å². The fraction of sp³-hybridized carbons (Fsp3) is 0.294. The first-order valence-corrected chi connectivity index (χ1v) is 10.3. The summed E-state index contributed by atoms with van der Waals surface area (Å²) in [6.45, 7) is 6.42. The Hall–Kier alpha value is -1.42. The van der Waals surface area contributed by atoms with E-state index in [0.717, 1.165) is 11.1 Å². The average molecular weight is 286 g/mol. The van der Waals surface area contributed by atoms with Crippen LogP contribution in [0.3, 0.4) is 0 Å². The monoisotopic (exact) mass is 286 g/mol. The summed E-state index contributed by atoms with van der Waals surface area (Å²) in [5.74, 6) is 0. The van der Waals surface area contributed by atoms with E-state index in [1.165, 1.54) is 0 Å². The summed E-state index contributed by atoms with van der Waals surface area (Å²) in [5, 5.41) is 10.7. The largest absolute Gasteiger partial charge is 0.408 e. The molecule has 106 valence electrons. The van der Waals surface area contributed by atoms with Crippen molar-refractivity contribution in [3.63, 3.8) is 0 Å². The lowest BCUT2D eigenvalue weighted by Crippen LogP contribution is -2.30. The quantitative estimate of drug-likeness (QED) is 0.830. The van der Waals surface area contributed by atoms with Gasteiger partial charge in [0.25, 0.3) is 0 Å². The standard InChI is InChI=1S/C17H22O2Si/c1-20(2,3)19-17(15-12-8-5-9-13-15)16(18)14-10-6-4-7-11-14/h4-13,16-18H,1-3H3. The third-order valence-electron chi connectivity index (χ3n) is 3.04. The highest BCUT2D eigenvalue weighted by Gasteiger charge is 2.28. The molecule has 0 aliphatic heterocycles. The average Bonchev–Trinajstić information content (AvgIpc) is 2.45. The Morgan fingerprint density at radius 3 is 1.70 bits per heavy atom. The number of benzene rings is 2. The topological polar surface area (TPSA) is 29.5 Å². The molecule has 0 aliphatic rings. The van der Waals surface area contributed by atoms with Crippen molar-refractivity contribution in [1.29, 1.82) is 0 Å². The first-order chi connectivity index (χ1) is 9.47. The van der Waals surface area contributed by atoms with Crippen LogP contribution >= 0.6 is 0 Å². The minimum Gasteiger partial charge on any atom is -0.408 e. The normalized spacial score (nSPS) is 14.8. The molecule has 0 aliphatic carbocycles. The number of aliphatic hydroxyl groups excluding tert-OH is 1. The molecule has 1 N–H and O–H groups in total. The first kappa shape index (κ1) is 15.0. The molecule has 2 aromatic rings. The highest BCUT2D eigenvalue weighted by atomic mass is 28.4. The molecule has 0 amide bonds. The van der Waals surface area contributed by atoms with Crippen LogP contribution in [-0.4, -0.2) is 13.4 Å². The lowest BCUT2D eigenvalue weighted by Gasteiger charge is -2.30. The van der Waals surface area contributed by atoms with E-state index in [4.69, 9.17) is 4.43 Å². The van der Waals surface area contributed by atoms with Crippen LogP contribution in [0.5, 0.6) is 0 Å². The molecule has 0 saturated heterocycles. The second-order valence-corrected chi connectivity index (χ2v) is 10.4. The third kappa shape index (κ3) is 4.03. The molecular formula is C17H22O2Si. The van der Waals surface area contributed by atoms with Crippen molar-refractivity contribution < 1.29 is 9.53 Å². The van der Waals surface area contributed by atoms with Gasteiger partial charge in [-0.15, -0.1) is 0 Å². The van der Waals surface area contributed by atoms with Gasteiger partial charge in [-0.05, 0) is 30.8 Å². The fourth-order valence-corrected chi connectivity index (χ4v) is 3.19. The summed E-state index contributed by atoms with van der Waals surface area (Å²) in [5.41, 5.74) is 1.91. The molecule has 0 fully saturated rings. The van der Waals surface area contributed by atoms with Crippen LogP contribution in [0, 0.1) is 0 Å². The maximum atomic E-state index is 10.7. The zero-order valence-corrected chi connectivity index (χ0v) is 13.3. The number of hydrogen-bond donors (Lipinski definition) is 1. The summed E-state index contributed by atoms with van der Waals surface area (Å²) >= 11 is 0. The van der Waals surface area contributed by atoms with Gasteiger partial charge in [0.15, 0.2) is 8.32 Å². The lowest BCUT2D eigenvalue weighted by molar-refractivity contribution is 0.0294. The van der Waals surface area contributed by atoms with Gasteiger partial charge >= 0.3 is 0 Å². The van der Waals surface area contributed by atoms with Crippen LogP contribution < -0.4 is 0 Å². The molecule has 0 heterocycles. The summed E-state index contributed by atoms with van der Waals surface area (Å²) in [7, 11) is -1.76. The van der Waals surface area contributed by atoms with Crippen LogP contribution in [0.2, 0.25) is 19.6 Å². The minimum atomic E-state index is -1.76. The Morgan fingerprint density at radius 1 is 0.800 bits per heavy atom. The second kappa shape index (κ2) is 6.35. The molecule has 0 spiro atoms. The summed E-state index contributed by atoms with van der Waals surface area (Å²) in [6.07, 6.45) is -0.962. The van der Waals surface area contributed by atoms with Crippen LogP contribution in [-0.2, 0) is 4.43 Å². The van der Waals surface area contributed by atoms with Crippen molar-refractivity contribution in [3.05, 3.63) is 71.8 Å². The molecule has 2 nitrogen and oxygen atoms in total. The van der Waals surface area contributed by atoms with Gasteiger partial charge in [-0.1, -0.05) is 60.7 Å². The molecule has 0 bridgehead atoms. The predicted molar refractivity (Wildman–Crippen MR) is 85.0 cm³/mol. The van der Waals surface area contributed by atoms with Crippen molar-refractivity contribution in [2.24, 2.45) is 0 Å². The molecule has 2 unspecified atom stereocenters. The van der Waals surface area contributed by atoms with Crippen molar-refractivity contribution in [1.82, 2.24) is 0 Å². The summed E-state index contributed by atoms with van der Waals surface area (Å²) in [6, 6.07) is 19.7. The van der Waals surface area contributed by atoms with Gasteiger partial charge in [-0.2, -0.15) is 0 Å². The number of hydrogen-bond acceptors (Lipinski definition) is 2. The van der Waals surface area contributed by atoms with Gasteiger partial charge in [-0.3, -0.25) is 0 Å². The Bertz CT molecular complexity index is 520. The molecule has 3 heteroatoms. The molecule has 0 radical (unpaired) electrons. The third-order valence-corrected chi connectivity index (χ3v) is 4.00. The Morgan fingerprint density at radius 2 is 1.25 bits per heavy atom. The van der Waals surface area contributed by atoms with Crippen LogP contribution in [0.4, 0.5) is 0 Å². The minimum absolute atomic E-state index is 0.315. The van der Waals surface area contributed by atoms with Gasteiger partial charge in [0.1, 0.15) is 12.2 Å². The van der Waals surface area contributed by atoms with Gasteiger partial charge in [-0.25, -0.2) is 0 Å². The van der Waals surface area contributed by atoms with E-state index in [0.29, 0.717) is 0 Å². The van der Waals surface area contributed by atoms with E-state index >= 15 is 0 Å². The molecule has 2 aromatic carbocycles. The molecule has 2 rings (SSSR count). The summed E-state index contributed by atoms with van der Waals surface area (Å²) < 4.78 is 6.23. The number of aliphatic hydroxyl groups is 1. The van der Waals surface area contributed by atoms with Crippen molar-refractivity contribution >= 4 is 8.32 Å². The van der Waals surface area contributed by atoms with Gasteiger partial charge in [0.05, 0.1) is 0 Å². The molecule has 20 heavy (non-hydrogen) atoms. The van der Waals surface area contributed by atoms with Crippen LogP contribution in [0.1, 0.15) is 23.3 Å². The highest BCUT2D eigenvalue weighted by Crippen LogP contribution is 2.34. The zero-order chi connectivity index (χ0) is 14.6. The van der Waals surface area contributed by atoms with E-state index in [1.54, 1.807) is 0 Å². The molecular weight excluding hydrogens is 264 g/mol. The highest BCUT2D eigenvalue weighted by molar-refractivity contribution is 6.69. The van der Waals surface area contributed by atoms with Gasteiger partial charge < -0.3 is 9.53 Å². The Balaban J connectivity index is 2.32. The van der Waals surface area contributed by atoms with Crippen LogP contribution in [0.15, 0.2) is 60.7 Å². The number of rotatable bonds is 5. The molecule has 2 atom stereocenters. The maximum absolute atomic E-state index is 10.7. The summed E-state index contributed by atoms with van der Waals surface area (Å²) in [4.78, 5) is 0. The predicted octanol–water partition coefficient (Wildman–Crippen LogP) is 4.31. The lowest BCUT2D eigenvalue weighted by atomic mass is 9.98. The van der Waals surface area contributed by atoms with Crippen molar-refractivity contribution in [2.45, 2.75) is 31.8 Å². The molecule has 0 aromatic heterocycles. The molecule has 0 saturated carbocycles. The zero-order valence-electron chi connectivity index (χ0n) is 12.3. The fourth-order valence-electron chi connectivity index (χ4n) is 2.16. The van der Waals surface area contributed by atoms with E-state index in [1.807, 2.05) is 60.7 Å². The van der Waals surface area contributed by atoms with E-state index < -0.39 is 14.4 Å². The van der Waals surface area contributed by atoms with E-state index in [9.17, 15) is 5.11 Å². The first-order valence-electron chi connectivity index (χ1n) is 6.93. The van der Waals surface area contributed by atoms with Crippen molar-refractivity contribution in [3.8, 4) is 0 Å². The smallest absolute Gasteiger partial charge is 0.184 e. The van der Waals surface area contributed by atoms with E-state index in [2.05, 4.69) is 19.6 Å². The van der Waals surface area contributed by atoms with Gasteiger partial charge in [0, 0.05) is 0 Å². The maximum Gasteiger partial charge on any atom is 0.184 e.